The number of hydrogen-bond donors (Lipinski definition) is 0. The van der Waals surface area contributed by atoms with Gasteiger partial charge in [-0.3, -0.25) is 0 Å². The molecule has 1 aliphatic rings. The van der Waals surface area contributed by atoms with Gasteiger partial charge in [-0.05, 0) is 46.7 Å². The number of rotatable bonds is 2. The van der Waals surface area contributed by atoms with E-state index in [1.165, 1.54) is 27.8 Å². The Morgan fingerprint density at radius 3 is 2.67 bits per heavy atom. The Labute approximate surface area is 125 Å². The Hall–Kier alpha value is -0.600. The molecule has 1 radical (unpaired) electrons. The van der Waals surface area contributed by atoms with Crippen molar-refractivity contribution in [2.24, 2.45) is 0 Å². The molecule has 0 nitrogen and oxygen atoms in total. The van der Waals surface area contributed by atoms with Crippen LogP contribution in [0.5, 0.6) is 0 Å². The molecule has 0 fully saturated rings. The van der Waals surface area contributed by atoms with Crippen LogP contribution in [0.4, 0.5) is 0 Å². The van der Waals surface area contributed by atoms with Gasteiger partial charge >= 0.3 is 0 Å². The van der Waals surface area contributed by atoms with Crippen molar-refractivity contribution in [2.75, 3.05) is 0 Å². The molecule has 1 aliphatic carbocycles. The lowest BCUT2D eigenvalue weighted by Gasteiger charge is -2.19. The van der Waals surface area contributed by atoms with Gasteiger partial charge in [-0.25, -0.2) is 0 Å². The molecule has 0 unspecified atom stereocenters. The van der Waals surface area contributed by atoms with Gasteiger partial charge in [0, 0.05) is 0 Å². The first-order valence-corrected chi connectivity index (χ1v) is 7.72. The summed E-state index contributed by atoms with van der Waals surface area (Å²) in [5, 5.41) is 0. The predicted molar refractivity (Wildman–Crippen MR) is 83.3 cm³/mol. The van der Waals surface area contributed by atoms with Crippen molar-refractivity contribution >= 4 is 31.9 Å². The quantitative estimate of drug-likeness (QED) is 0.533. The van der Waals surface area contributed by atoms with Gasteiger partial charge in [0.05, 0.1) is 0 Å². The number of halogens is 2. The normalized spacial score (nSPS) is 13.3. The lowest BCUT2D eigenvalue weighted by molar-refractivity contribution is 0.861. The monoisotopic (exact) mass is 363 g/mol. The molecule has 91 valence electrons. The molecule has 0 saturated carbocycles. The summed E-state index contributed by atoms with van der Waals surface area (Å²) >= 11 is 7.44. The summed E-state index contributed by atoms with van der Waals surface area (Å²) in [6.07, 6.45) is 1.98. The summed E-state index contributed by atoms with van der Waals surface area (Å²) in [5.41, 5.74) is 6.59. The lowest BCUT2D eigenvalue weighted by atomic mass is 10.0. The van der Waals surface area contributed by atoms with Gasteiger partial charge < -0.3 is 0 Å². The maximum absolute atomic E-state index is 3.72. The minimum Gasteiger partial charge on any atom is -0.0674 e. The van der Waals surface area contributed by atoms with E-state index >= 15 is 0 Å². The molecule has 18 heavy (non-hydrogen) atoms. The fourth-order valence-corrected chi connectivity index (χ4v) is 2.92. The van der Waals surface area contributed by atoms with Crippen molar-refractivity contribution in [3.8, 4) is 11.1 Å². The van der Waals surface area contributed by atoms with Crippen LogP contribution >= 0.6 is 31.9 Å². The largest absolute Gasteiger partial charge is 0.106 e. The van der Waals surface area contributed by atoms with Crippen molar-refractivity contribution in [3.05, 3.63) is 59.2 Å². The Bertz CT molecular complexity index is 600. The van der Waals surface area contributed by atoms with Gasteiger partial charge in [-0.2, -0.15) is 0 Å². The summed E-state index contributed by atoms with van der Waals surface area (Å²) in [6.45, 7) is 2.15. The van der Waals surface area contributed by atoms with E-state index in [-0.39, 0.29) is 3.23 Å². The third-order valence-corrected chi connectivity index (χ3v) is 5.52. The van der Waals surface area contributed by atoms with Gasteiger partial charge in [0.2, 0.25) is 0 Å². The minimum absolute atomic E-state index is 0.149. The highest BCUT2D eigenvalue weighted by molar-refractivity contribution is 9.24. The number of alkyl halides is 2. The van der Waals surface area contributed by atoms with Crippen LogP contribution in [0.2, 0.25) is 0 Å². The van der Waals surface area contributed by atoms with Crippen molar-refractivity contribution in [1.29, 1.82) is 0 Å². The third-order valence-electron chi connectivity index (χ3n) is 3.54. The topological polar surface area (TPSA) is 0 Å². The summed E-state index contributed by atoms with van der Waals surface area (Å²) in [5.74, 6) is 0. The molecule has 2 aromatic rings. The Balaban J connectivity index is 2.09. The first-order valence-electron chi connectivity index (χ1n) is 6.13. The first-order chi connectivity index (χ1) is 8.62. The fourth-order valence-electron chi connectivity index (χ4n) is 2.46. The lowest BCUT2D eigenvalue weighted by Crippen LogP contribution is -2.07. The predicted octanol–water partition coefficient (Wildman–Crippen LogP) is 5.41. The summed E-state index contributed by atoms with van der Waals surface area (Å²) < 4.78 is -0.149. The average Bonchev–Trinajstić information content (AvgIpc) is 2.76. The number of hydrogen-bond acceptors (Lipinski definition) is 0. The van der Waals surface area contributed by atoms with Gasteiger partial charge in [-0.1, -0.05) is 75.2 Å². The van der Waals surface area contributed by atoms with Crippen LogP contribution in [0.15, 0.2) is 36.4 Å². The van der Waals surface area contributed by atoms with Crippen LogP contribution in [-0.4, -0.2) is 0 Å². The molecular weight excluding hydrogens is 352 g/mol. The Morgan fingerprint density at radius 2 is 1.89 bits per heavy atom. The first kappa shape index (κ1) is 12.4. The van der Waals surface area contributed by atoms with Gasteiger partial charge in [-0.15, -0.1) is 0 Å². The standard InChI is InChI=1S/C16H13Br2/c1-2-16(17,18)13-7-8-15-12(10-13)9-11-5-3-4-6-14(11)15/h3-8H,2,9H2,1H3. The molecule has 0 saturated heterocycles. The molecule has 0 aliphatic heterocycles. The molecule has 3 rings (SSSR count). The van der Waals surface area contributed by atoms with E-state index in [1.807, 2.05) is 0 Å². The maximum Gasteiger partial charge on any atom is 0.106 e. The smallest absolute Gasteiger partial charge is 0.0674 e. The van der Waals surface area contributed by atoms with Crippen LogP contribution < -0.4 is 0 Å². The second kappa shape index (κ2) is 4.50. The molecule has 0 bridgehead atoms. The zero-order valence-electron chi connectivity index (χ0n) is 10.1. The molecule has 0 amide bonds. The number of benzene rings is 2. The van der Waals surface area contributed by atoms with Crippen molar-refractivity contribution < 1.29 is 0 Å². The molecule has 2 aromatic carbocycles. The molecule has 2 heteroatoms. The summed E-state index contributed by atoms with van der Waals surface area (Å²) in [4.78, 5) is 0. The van der Waals surface area contributed by atoms with E-state index in [4.69, 9.17) is 0 Å². The molecule has 0 heterocycles. The van der Waals surface area contributed by atoms with Crippen molar-refractivity contribution in [1.82, 2.24) is 0 Å². The van der Waals surface area contributed by atoms with Crippen LogP contribution in [0.25, 0.3) is 11.1 Å². The van der Waals surface area contributed by atoms with Crippen LogP contribution in [-0.2, 0) is 9.65 Å². The van der Waals surface area contributed by atoms with Crippen LogP contribution in [0.1, 0.15) is 30.0 Å². The average molecular weight is 365 g/mol. The van der Waals surface area contributed by atoms with E-state index in [9.17, 15) is 0 Å². The van der Waals surface area contributed by atoms with Crippen molar-refractivity contribution in [2.45, 2.75) is 23.0 Å². The highest BCUT2D eigenvalue weighted by Gasteiger charge is 2.26. The maximum atomic E-state index is 3.72. The van der Waals surface area contributed by atoms with Gasteiger partial charge in [0.15, 0.2) is 0 Å². The molecule has 0 atom stereocenters. The number of fused-ring (bicyclic) bond motifs is 3. The third kappa shape index (κ3) is 1.96. The summed E-state index contributed by atoms with van der Waals surface area (Å²) in [6, 6.07) is 16.6. The van der Waals surface area contributed by atoms with E-state index in [2.05, 4.69) is 81.2 Å². The minimum atomic E-state index is -0.149. The zero-order valence-corrected chi connectivity index (χ0v) is 13.3. The van der Waals surface area contributed by atoms with Crippen molar-refractivity contribution in [3.63, 3.8) is 0 Å². The second-order valence-corrected chi connectivity index (χ2v) is 8.43. The summed E-state index contributed by atoms with van der Waals surface area (Å²) in [7, 11) is 0. The Morgan fingerprint density at radius 1 is 1.11 bits per heavy atom. The van der Waals surface area contributed by atoms with E-state index in [0.29, 0.717) is 0 Å². The molecule has 0 spiro atoms. The molecular formula is C16H13Br2. The van der Waals surface area contributed by atoms with Crippen LogP contribution in [0.3, 0.4) is 0 Å². The molecule has 0 aromatic heterocycles. The highest BCUT2D eigenvalue weighted by Crippen LogP contribution is 2.44. The van der Waals surface area contributed by atoms with E-state index < -0.39 is 0 Å². The van der Waals surface area contributed by atoms with E-state index in [0.717, 1.165) is 12.8 Å². The van der Waals surface area contributed by atoms with Crippen LogP contribution in [0, 0.1) is 6.07 Å². The second-order valence-electron chi connectivity index (χ2n) is 4.66. The highest BCUT2D eigenvalue weighted by atomic mass is 79.9. The fraction of sp³-hybridized carbons (Fsp3) is 0.250. The van der Waals surface area contributed by atoms with E-state index in [1.54, 1.807) is 0 Å². The zero-order chi connectivity index (χ0) is 12.8. The molecule has 0 N–H and O–H groups in total. The van der Waals surface area contributed by atoms with Gasteiger partial charge in [0.25, 0.3) is 0 Å². The Kier molecular flexibility index (Phi) is 3.11. The SMILES string of the molecule is CCC(Br)(Br)c1[c]c2c(cc1)-c1ccccc1C2. The van der Waals surface area contributed by atoms with Gasteiger partial charge in [0.1, 0.15) is 3.23 Å².